The van der Waals surface area contributed by atoms with Gasteiger partial charge in [-0.25, -0.2) is 4.39 Å². The van der Waals surface area contributed by atoms with E-state index in [0.29, 0.717) is 17.7 Å². The van der Waals surface area contributed by atoms with Crippen LogP contribution < -0.4 is 10.1 Å². The Hall–Kier alpha value is -5.07. The summed E-state index contributed by atoms with van der Waals surface area (Å²) >= 11 is 0. The van der Waals surface area contributed by atoms with E-state index < -0.39 is 14.0 Å². The third-order valence-corrected chi connectivity index (χ3v) is 11.8. The van der Waals surface area contributed by atoms with Gasteiger partial charge in [0.05, 0.1) is 8.07 Å². The summed E-state index contributed by atoms with van der Waals surface area (Å²) in [6.07, 6.45) is 1.68. The Bertz CT molecular complexity index is 2620. The molecule has 8 aromatic rings. The first-order chi connectivity index (χ1) is 25.9. The van der Waals surface area contributed by atoms with Gasteiger partial charge >= 0.3 is 20.1 Å². The van der Waals surface area contributed by atoms with Crippen molar-refractivity contribution in [2.24, 2.45) is 0 Å². The van der Waals surface area contributed by atoms with E-state index in [0.717, 1.165) is 49.9 Å². The summed E-state index contributed by atoms with van der Waals surface area (Å²) < 4.78 is 28.5. The van der Waals surface area contributed by atoms with Crippen LogP contribution in [0.4, 0.5) is 15.8 Å². The average molecular weight is 904 g/mol. The van der Waals surface area contributed by atoms with E-state index in [1.54, 1.807) is 6.07 Å². The van der Waals surface area contributed by atoms with E-state index in [2.05, 4.69) is 102 Å². The fraction of sp³-hybridized carbons (Fsp3) is 0.170. The standard InChI is InChI=1S/C30H19FN2O.C17H22NSi.Ir/c31-22-13-14-23-24-11-6-12-25(29(24)34-28(23)17-22)30-32-26-15-20-9-4-5-10-21(20)16-27(26)33(30)18-19-7-2-1-3-8-19;1-13(2)15-11-16(14-9-7-6-8-10-14)18-12-17(15)19(3,4)5;/h1-11,13-17,30H,18H2;6-9,11-13H,1-5H3;/q-2;-1;+3/i;13D;. The maximum atomic E-state index is 13.9. The van der Waals surface area contributed by atoms with Crippen LogP contribution in [0.25, 0.3) is 49.3 Å². The van der Waals surface area contributed by atoms with E-state index >= 15 is 0 Å². The number of rotatable bonds is 6. The molecule has 0 aliphatic carbocycles. The summed E-state index contributed by atoms with van der Waals surface area (Å²) in [5, 5.41) is 10.6. The van der Waals surface area contributed by atoms with Gasteiger partial charge in [-0.2, -0.15) is 18.2 Å². The van der Waals surface area contributed by atoms with Crippen LogP contribution in [0, 0.1) is 17.9 Å². The molecule has 1 atom stereocenters. The minimum absolute atomic E-state index is 0. The molecule has 1 unspecified atom stereocenters. The minimum atomic E-state index is -1.50. The molecule has 54 heavy (non-hydrogen) atoms. The van der Waals surface area contributed by atoms with Gasteiger partial charge in [-0.05, 0) is 57.5 Å². The molecule has 0 spiro atoms. The van der Waals surface area contributed by atoms with E-state index in [4.69, 9.17) is 11.1 Å². The molecule has 0 saturated carbocycles. The molecule has 1 aliphatic rings. The maximum absolute atomic E-state index is 13.9. The summed E-state index contributed by atoms with van der Waals surface area (Å²) in [5.41, 5.74) is 8.31. The summed E-state index contributed by atoms with van der Waals surface area (Å²) in [5.74, 6) is -0.922. The van der Waals surface area contributed by atoms with Gasteiger partial charge in [0.15, 0.2) is 0 Å². The quantitative estimate of drug-likeness (QED) is 0.123. The second kappa shape index (κ2) is 15.3. The minimum Gasteiger partial charge on any atom is -0.661 e. The van der Waals surface area contributed by atoms with Gasteiger partial charge in [-0.3, -0.25) is 0 Å². The van der Waals surface area contributed by atoms with E-state index in [1.807, 2.05) is 68.6 Å². The molecule has 0 N–H and O–H groups in total. The van der Waals surface area contributed by atoms with Crippen molar-refractivity contribution in [1.82, 2.24) is 4.98 Å². The van der Waals surface area contributed by atoms with Crippen molar-refractivity contribution in [1.29, 1.82) is 0 Å². The largest absolute Gasteiger partial charge is 3.00 e. The molecule has 1 aliphatic heterocycles. The van der Waals surface area contributed by atoms with Gasteiger partial charge in [0, 0.05) is 36.8 Å². The molecule has 7 heteroatoms. The van der Waals surface area contributed by atoms with Gasteiger partial charge in [0.2, 0.25) is 0 Å². The molecule has 270 valence electrons. The van der Waals surface area contributed by atoms with Gasteiger partial charge in [0.25, 0.3) is 0 Å². The zero-order valence-electron chi connectivity index (χ0n) is 31.9. The first-order valence-corrected chi connectivity index (χ1v) is 21.5. The van der Waals surface area contributed by atoms with Crippen LogP contribution >= 0.6 is 0 Å². The van der Waals surface area contributed by atoms with Crippen molar-refractivity contribution in [2.75, 3.05) is 4.90 Å². The van der Waals surface area contributed by atoms with Gasteiger partial charge < -0.3 is 19.6 Å². The summed E-state index contributed by atoms with van der Waals surface area (Å²) in [4.78, 5) is 6.91. The smallest absolute Gasteiger partial charge is 0.661 e. The van der Waals surface area contributed by atoms with E-state index in [1.165, 1.54) is 28.3 Å². The van der Waals surface area contributed by atoms with Gasteiger partial charge in [-0.15, -0.1) is 47.1 Å². The van der Waals surface area contributed by atoms with Crippen LogP contribution in [0.1, 0.15) is 44.0 Å². The molecule has 2 aromatic heterocycles. The van der Waals surface area contributed by atoms with E-state index in [9.17, 15) is 4.39 Å². The fourth-order valence-corrected chi connectivity index (χ4v) is 8.73. The fourth-order valence-electron chi connectivity index (χ4n) is 7.15. The molecule has 0 saturated heterocycles. The predicted molar refractivity (Wildman–Crippen MR) is 220 cm³/mol. The van der Waals surface area contributed by atoms with Crippen molar-refractivity contribution < 1.29 is 30.3 Å². The molecule has 0 fully saturated rings. The number of benzene rings is 6. The van der Waals surface area contributed by atoms with Gasteiger partial charge in [-0.1, -0.05) is 111 Å². The first-order valence-electron chi connectivity index (χ1n) is 18.5. The van der Waals surface area contributed by atoms with Crippen LogP contribution in [0.3, 0.4) is 0 Å². The van der Waals surface area contributed by atoms with Crippen LogP contribution in [0.5, 0.6) is 0 Å². The Morgan fingerprint density at radius 1 is 0.852 bits per heavy atom. The molecular formula is C47H41FIrN3OSi. The molecule has 0 radical (unpaired) electrons. The average Bonchev–Trinajstić information content (AvgIpc) is 3.71. The van der Waals surface area contributed by atoms with Crippen molar-refractivity contribution >= 4 is 57.3 Å². The number of aromatic nitrogens is 1. The van der Waals surface area contributed by atoms with Crippen molar-refractivity contribution in [3.05, 3.63) is 174 Å². The number of furan rings is 1. The number of fused-ring (bicyclic) bond motifs is 5. The maximum Gasteiger partial charge on any atom is 3.00 e. The van der Waals surface area contributed by atoms with Crippen LogP contribution in [0.2, 0.25) is 19.6 Å². The summed E-state index contributed by atoms with van der Waals surface area (Å²) in [6.45, 7) is 11.5. The molecule has 3 heterocycles. The zero-order chi connectivity index (χ0) is 37.6. The molecule has 4 nitrogen and oxygen atoms in total. The number of halogens is 1. The predicted octanol–water partition coefficient (Wildman–Crippen LogP) is 12.6. The third-order valence-electron chi connectivity index (χ3n) is 9.82. The topological polar surface area (TPSA) is 43.4 Å². The summed E-state index contributed by atoms with van der Waals surface area (Å²) in [7, 11) is -1.50. The number of hydrogen-bond donors (Lipinski definition) is 0. The van der Waals surface area contributed by atoms with Gasteiger partial charge in [0.1, 0.15) is 11.4 Å². The number of pyridine rings is 1. The first kappa shape index (κ1) is 35.9. The SMILES string of the molecule is Fc1ccc2c(c1)oc1c(C3[N-]c4cc5ccccc5cc4N3Cc3ccccc3)[c-]ccc12.[2H]C(C)(C)c1cc(-c2[c-]cccc2)ncc1[Si](C)(C)C.[Ir+3]. The number of anilines is 1. The monoisotopic (exact) mass is 904 g/mol. The Balaban J connectivity index is 0.000000191. The second-order valence-electron chi connectivity index (χ2n) is 14.8. The molecule has 0 bridgehead atoms. The molecule has 6 aromatic carbocycles. The Morgan fingerprint density at radius 3 is 2.31 bits per heavy atom. The van der Waals surface area contributed by atoms with Crippen LogP contribution in [-0.4, -0.2) is 13.1 Å². The second-order valence-corrected chi connectivity index (χ2v) is 19.9. The number of hydrogen-bond acceptors (Lipinski definition) is 3. The Morgan fingerprint density at radius 2 is 1.59 bits per heavy atom. The number of nitrogens with zero attached hydrogens (tertiary/aromatic N) is 3. The molecule has 0 amide bonds. The van der Waals surface area contributed by atoms with Crippen molar-refractivity contribution in [3.63, 3.8) is 0 Å². The van der Waals surface area contributed by atoms with E-state index in [-0.39, 0.29) is 32.1 Å². The molecule has 9 rings (SSSR count). The van der Waals surface area contributed by atoms with Crippen LogP contribution in [-0.2, 0) is 26.7 Å². The molecular weight excluding hydrogens is 862 g/mol. The van der Waals surface area contributed by atoms with Crippen molar-refractivity contribution in [3.8, 4) is 11.3 Å². The Kier molecular flexibility index (Phi) is 10.2. The zero-order valence-corrected chi connectivity index (χ0v) is 34.3. The van der Waals surface area contributed by atoms with Crippen molar-refractivity contribution in [2.45, 2.75) is 52.1 Å². The van der Waals surface area contributed by atoms with Crippen LogP contribution in [0.15, 0.2) is 138 Å². The summed E-state index contributed by atoms with van der Waals surface area (Å²) in [6, 6.07) is 48.2. The normalized spacial score (nSPS) is 14.2. The Labute approximate surface area is 332 Å². The third kappa shape index (κ3) is 7.37.